The molecule has 0 radical (unpaired) electrons. The van der Waals surface area contributed by atoms with Crippen molar-refractivity contribution in [3.8, 4) is 0 Å². The van der Waals surface area contributed by atoms with Crippen molar-refractivity contribution in [2.45, 2.75) is 19.9 Å². The molecule has 0 saturated heterocycles. The SMILES string of the molecule is CCc1ccccc1CNc1cc(Cl)ccc1C(=O)O. The van der Waals surface area contributed by atoms with Gasteiger partial charge in [-0.05, 0) is 35.7 Å². The number of hydrogen-bond donors (Lipinski definition) is 2. The number of nitrogens with one attached hydrogen (secondary N) is 1. The Bertz CT molecular complexity index is 626. The lowest BCUT2D eigenvalue weighted by Crippen LogP contribution is -2.07. The van der Waals surface area contributed by atoms with Crippen molar-refractivity contribution in [1.82, 2.24) is 0 Å². The van der Waals surface area contributed by atoms with E-state index >= 15 is 0 Å². The molecule has 0 fully saturated rings. The number of anilines is 1. The first-order valence-corrected chi connectivity index (χ1v) is 6.83. The van der Waals surface area contributed by atoms with Crippen molar-refractivity contribution in [3.63, 3.8) is 0 Å². The van der Waals surface area contributed by atoms with E-state index in [1.807, 2.05) is 18.2 Å². The van der Waals surface area contributed by atoms with Crippen LogP contribution in [0.15, 0.2) is 42.5 Å². The van der Waals surface area contributed by atoms with Crippen molar-refractivity contribution in [2.75, 3.05) is 5.32 Å². The van der Waals surface area contributed by atoms with Crippen LogP contribution < -0.4 is 5.32 Å². The molecular weight excluding hydrogens is 274 g/mol. The Hall–Kier alpha value is -2.00. The van der Waals surface area contributed by atoms with E-state index < -0.39 is 5.97 Å². The van der Waals surface area contributed by atoms with Crippen molar-refractivity contribution in [1.29, 1.82) is 0 Å². The van der Waals surface area contributed by atoms with Crippen molar-refractivity contribution in [2.24, 2.45) is 0 Å². The fraction of sp³-hybridized carbons (Fsp3) is 0.188. The maximum Gasteiger partial charge on any atom is 0.337 e. The zero-order chi connectivity index (χ0) is 14.5. The Kier molecular flexibility index (Phi) is 4.64. The first-order chi connectivity index (χ1) is 9.61. The molecule has 2 aromatic carbocycles. The standard InChI is InChI=1S/C16H16ClNO2/c1-2-11-5-3-4-6-12(11)10-18-15-9-13(17)7-8-14(15)16(19)20/h3-9,18H,2,10H2,1H3,(H,19,20). The number of carboxylic acids is 1. The van der Waals surface area contributed by atoms with E-state index in [0.29, 0.717) is 17.3 Å². The van der Waals surface area contributed by atoms with E-state index in [2.05, 4.69) is 18.3 Å². The molecule has 0 aliphatic carbocycles. The van der Waals surface area contributed by atoms with E-state index in [1.54, 1.807) is 12.1 Å². The van der Waals surface area contributed by atoms with Gasteiger partial charge in [0.15, 0.2) is 0 Å². The van der Waals surface area contributed by atoms with Crippen LogP contribution in [0.1, 0.15) is 28.4 Å². The Morgan fingerprint density at radius 1 is 1.20 bits per heavy atom. The van der Waals surface area contributed by atoms with E-state index in [0.717, 1.165) is 12.0 Å². The Balaban J connectivity index is 2.22. The van der Waals surface area contributed by atoms with Gasteiger partial charge in [0.1, 0.15) is 0 Å². The lowest BCUT2D eigenvalue weighted by molar-refractivity contribution is 0.0698. The molecule has 0 spiro atoms. The summed E-state index contributed by atoms with van der Waals surface area (Å²) in [6.07, 6.45) is 0.944. The van der Waals surface area contributed by atoms with Crippen molar-refractivity contribution >= 4 is 23.3 Å². The number of aryl methyl sites for hydroxylation is 1. The molecule has 4 heteroatoms. The number of aromatic carboxylic acids is 1. The number of hydrogen-bond acceptors (Lipinski definition) is 2. The largest absolute Gasteiger partial charge is 0.478 e. The summed E-state index contributed by atoms with van der Waals surface area (Å²) in [4.78, 5) is 11.2. The Morgan fingerprint density at radius 2 is 1.90 bits per heavy atom. The second kappa shape index (κ2) is 6.44. The van der Waals surface area contributed by atoms with Gasteiger partial charge < -0.3 is 10.4 Å². The average Bonchev–Trinajstić information content (AvgIpc) is 2.45. The summed E-state index contributed by atoms with van der Waals surface area (Å²) >= 11 is 5.93. The molecule has 0 heterocycles. The Labute approximate surface area is 123 Å². The highest BCUT2D eigenvalue weighted by atomic mass is 35.5. The quantitative estimate of drug-likeness (QED) is 0.867. The van der Waals surface area contributed by atoms with Crippen LogP contribution in [0.5, 0.6) is 0 Å². The van der Waals surface area contributed by atoms with Gasteiger partial charge in [-0.25, -0.2) is 4.79 Å². The van der Waals surface area contributed by atoms with Crippen LogP contribution in [0.25, 0.3) is 0 Å². The number of carbonyl (C=O) groups is 1. The number of rotatable bonds is 5. The van der Waals surface area contributed by atoms with Gasteiger partial charge >= 0.3 is 5.97 Å². The van der Waals surface area contributed by atoms with Crippen LogP contribution in [-0.4, -0.2) is 11.1 Å². The minimum Gasteiger partial charge on any atom is -0.478 e. The molecule has 0 bridgehead atoms. The van der Waals surface area contributed by atoms with E-state index in [4.69, 9.17) is 11.6 Å². The summed E-state index contributed by atoms with van der Waals surface area (Å²) < 4.78 is 0. The predicted octanol–water partition coefficient (Wildman–Crippen LogP) is 4.21. The number of halogens is 1. The molecule has 0 aromatic heterocycles. The fourth-order valence-electron chi connectivity index (χ4n) is 2.11. The summed E-state index contributed by atoms with van der Waals surface area (Å²) in [7, 11) is 0. The number of carboxylic acid groups (broad SMARTS) is 1. The molecule has 0 unspecified atom stereocenters. The summed E-state index contributed by atoms with van der Waals surface area (Å²) in [5, 5.41) is 12.8. The average molecular weight is 290 g/mol. The summed E-state index contributed by atoms with van der Waals surface area (Å²) in [5.41, 5.74) is 3.17. The van der Waals surface area contributed by atoms with Gasteiger partial charge in [0, 0.05) is 11.6 Å². The van der Waals surface area contributed by atoms with Gasteiger partial charge in [0.05, 0.1) is 11.3 Å². The predicted molar refractivity (Wildman–Crippen MR) is 81.6 cm³/mol. The zero-order valence-electron chi connectivity index (χ0n) is 11.2. The molecule has 2 rings (SSSR count). The molecule has 2 N–H and O–H groups in total. The lowest BCUT2D eigenvalue weighted by atomic mass is 10.1. The van der Waals surface area contributed by atoms with E-state index in [-0.39, 0.29) is 5.56 Å². The van der Waals surface area contributed by atoms with Gasteiger partial charge in [-0.15, -0.1) is 0 Å². The summed E-state index contributed by atoms with van der Waals surface area (Å²) in [6, 6.07) is 12.8. The third-order valence-electron chi connectivity index (χ3n) is 3.18. The molecule has 0 amide bonds. The smallest absolute Gasteiger partial charge is 0.337 e. The van der Waals surface area contributed by atoms with Crippen LogP contribution >= 0.6 is 11.6 Å². The molecule has 0 saturated carbocycles. The lowest BCUT2D eigenvalue weighted by Gasteiger charge is -2.12. The van der Waals surface area contributed by atoms with Crippen LogP contribution in [0, 0.1) is 0 Å². The van der Waals surface area contributed by atoms with E-state index in [9.17, 15) is 9.90 Å². The van der Waals surface area contributed by atoms with Crippen molar-refractivity contribution < 1.29 is 9.90 Å². The van der Waals surface area contributed by atoms with Crippen LogP contribution in [0.3, 0.4) is 0 Å². The molecule has 0 aliphatic rings. The summed E-state index contributed by atoms with van der Waals surface area (Å²) in [6.45, 7) is 2.67. The van der Waals surface area contributed by atoms with Gasteiger partial charge in [-0.1, -0.05) is 42.8 Å². The zero-order valence-corrected chi connectivity index (χ0v) is 11.9. The first-order valence-electron chi connectivity index (χ1n) is 6.45. The third kappa shape index (κ3) is 3.31. The molecule has 104 valence electrons. The van der Waals surface area contributed by atoms with Gasteiger partial charge in [0.2, 0.25) is 0 Å². The monoisotopic (exact) mass is 289 g/mol. The minimum absolute atomic E-state index is 0.225. The normalized spacial score (nSPS) is 10.3. The summed E-state index contributed by atoms with van der Waals surface area (Å²) in [5.74, 6) is -0.965. The Morgan fingerprint density at radius 3 is 2.55 bits per heavy atom. The van der Waals surface area contributed by atoms with Crippen LogP contribution in [0.2, 0.25) is 5.02 Å². The second-order valence-corrected chi connectivity index (χ2v) is 4.91. The van der Waals surface area contributed by atoms with Crippen LogP contribution in [-0.2, 0) is 13.0 Å². The van der Waals surface area contributed by atoms with Crippen molar-refractivity contribution in [3.05, 3.63) is 64.2 Å². The van der Waals surface area contributed by atoms with Gasteiger partial charge in [0.25, 0.3) is 0 Å². The number of benzene rings is 2. The molecular formula is C16H16ClNO2. The maximum atomic E-state index is 11.2. The topological polar surface area (TPSA) is 49.3 Å². The highest BCUT2D eigenvalue weighted by molar-refractivity contribution is 6.31. The molecule has 0 atom stereocenters. The molecule has 20 heavy (non-hydrogen) atoms. The molecule has 0 aliphatic heterocycles. The highest BCUT2D eigenvalue weighted by Crippen LogP contribution is 2.22. The van der Waals surface area contributed by atoms with Gasteiger partial charge in [-0.2, -0.15) is 0 Å². The molecule has 3 nitrogen and oxygen atoms in total. The van der Waals surface area contributed by atoms with Crippen LogP contribution in [0.4, 0.5) is 5.69 Å². The third-order valence-corrected chi connectivity index (χ3v) is 3.42. The molecule has 2 aromatic rings. The van der Waals surface area contributed by atoms with Gasteiger partial charge in [-0.3, -0.25) is 0 Å². The highest BCUT2D eigenvalue weighted by Gasteiger charge is 2.10. The first kappa shape index (κ1) is 14.4. The fourth-order valence-corrected chi connectivity index (χ4v) is 2.29. The second-order valence-electron chi connectivity index (χ2n) is 4.47. The maximum absolute atomic E-state index is 11.2. The minimum atomic E-state index is -0.965. The van der Waals surface area contributed by atoms with E-state index in [1.165, 1.54) is 11.6 Å².